The van der Waals surface area contributed by atoms with Crippen molar-refractivity contribution in [3.05, 3.63) is 58.9 Å². The number of likely N-dealkylation sites (N-methyl/N-ethyl adjacent to an activating group) is 1. The van der Waals surface area contributed by atoms with Gasteiger partial charge in [0, 0.05) is 60.2 Å². The molecule has 10 nitrogen and oxygen atoms in total. The van der Waals surface area contributed by atoms with Crippen LogP contribution in [0.2, 0.25) is 16.6 Å². The number of hydrogen-bond acceptors (Lipinski definition) is 9. The van der Waals surface area contributed by atoms with Crippen molar-refractivity contribution in [1.82, 2.24) is 19.8 Å². The fourth-order valence-electron chi connectivity index (χ4n) is 10.7. The summed E-state index contributed by atoms with van der Waals surface area (Å²) in [5.41, 5.74) is 5.89. The van der Waals surface area contributed by atoms with E-state index in [0.717, 1.165) is 24.1 Å². The number of carbonyl (C=O) groups excluding carboxylic acids is 1. The number of carbonyl (C=O) groups is 1. The van der Waals surface area contributed by atoms with Gasteiger partial charge in [0.2, 0.25) is 0 Å². The van der Waals surface area contributed by atoms with Crippen LogP contribution in [0.15, 0.2) is 30.5 Å². The van der Waals surface area contributed by atoms with Gasteiger partial charge in [-0.2, -0.15) is 0 Å². The van der Waals surface area contributed by atoms with Crippen LogP contribution in [0.25, 0.3) is 32.8 Å². The molecule has 3 fully saturated rings. The van der Waals surface area contributed by atoms with Crippen LogP contribution in [-0.4, -0.2) is 98.9 Å². The van der Waals surface area contributed by atoms with Crippen LogP contribution in [0.4, 0.5) is 19.4 Å². The topological polar surface area (TPSA) is 89.5 Å². The molecule has 0 saturated carbocycles. The molecule has 0 aliphatic carbocycles. The molecule has 2 bridgehead atoms. The molecular formula is C47H59F2N5O5Si. The molecule has 6 heterocycles. The van der Waals surface area contributed by atoms with E-state index in [1.807, 2.05) is 38.8 Å². The molecule has 0 radical (unpaired) electrons. The van der Waals surface area contributed by atoms with Gasteiger partial charge in [0.1, 0.15) is 42.3 Å². The fraction of sp³-hybridized carbons (Fsp3) is 0.553. The Labute approximate surface area is 353 Å². The summed E-state index contributed by atoms with van der Waals surface area (Å²) in [6.07, 6.45) is 3.09. The molecule has 4 aliphatic heterocycles. The van der Waals surface area contributed by atoms with Gasteiger partial charge in [0.05, 0.1) is 36.6 Å². The maximum Gasteiger partial charge on any atom is 0.410 e. The van der Waals surface area contributed by atoms with E-state index >= 15 is 8.78 Å². The van der Waals surface area contributed by atoms with Crippen LogP contribution in [0.1, 0.15) is 92.0 Å². The summed E-state index contributed by atoms with van der Waals surface area (Å²) >= 11 is 0. The number of nitrogens with zero attached hydrogens (tertiary/aromatic N) is 5. The number of pyridine rings is 2. The summed E-state index contributed by atoms with van der Waals surface area (Å²) in [4.78, 5) is 30.0. The van der Waals surface area contributed by atoms with E-state index in [2.05, 4.69) is 62.8 Å². The van der Waals surface area contributed by atoms with E-state index in [-0.39, 0.29) is 36.2 Å². The molecule has 1 amide bonds. The van der Waals surface area contributed by atoms with Crippen molar-refractivity contribution in [2.75, 3.05) is 52.2 Å². The van der Waals surface area contributed by atoms with Gasteiger partial charge in [-0.3, -0.25) is 14.8 Å². The molecule has 8 rings (SSSR count). The van der Waals surface area contributed by atoms with Crippen molar-refractivity contribution in [3.8, 4) is 28.5 Å². The Hall–Kier alpha value is -4.35. The number of benzene rings is 2. The second kappa shape index (κ2) is 15.5. The first kappa shape index (κ1) is 42.3. The number of anilines is 1. The predicted octanol–water partition coefficient (Wildman–Crippen LogP) is 9.54. The van der Waals surface area contributed by atoms with Crippen molar-refractivity contribution in [1.29, 1.82) is 0 Å². The Kier molecular flexibility index (Phi) is 11.0. The first-order chi connectivity index (χ1) is 28.4. The lowest BCUT2D eigenvalue weighted by molar-refractivity contribution is -0.133. The van der Waals surface area contributed by atoms with Crippen molar-refractivity contribution in [2.24, 2.45) is 0 Å². The zero-order valence-corrected chi connectivity index (χ0v) is 38.0. The second-order valence-corrected chi connectivity index (χ2v) is 24.8. The van der Waals surface area contributed by atoms with Crippen LogP contribution in [0.3, 0.4) is 0 Å². The molecule has 2 unspecified atom stereocenters. The highest BCUT2D eigenvalue weighted by Gasteiger charge is 2.53. The molecule has 3 saturated heterocycles. The summed E-state index contributed by atoms with van der Waals surface area (Å²) in [6.45, 7) is 21.4. The van der Waals surface area contributed by atoms with E-state index < -0.39 is 30.8 Å². The lowest BCUT2D eigenvalue weighted by Gasteiger charge is -2.44. The predicted molar refractivity (Wildman–Crippen MR) is 234 cm³/mol. The SMILES string of the molecule is COCOc1cc(-c2ncc3c(N4CC5CCC(C4)N5C(=O)OC(C)(C)C)nc4c(c3c2F)CN(C)C42COC2)c2c(C#C[Si](C(C)C)(C(C)C)C(C)C)c(F)ccc2c1. The number of halogens is 2. The summed E-state index contributed by atoms with van der Waals surface area (Å²) in [7, 11) is 1.28. The zero-order valence-electron chi connectivity index (χ0n) is 37.0. The Bertz CT molecular complexity index is 2380. The molecule has 2 aromatic carbocycles. The quantitative estimate of drug-likeness (QED) is 0.0979. The zero-order chi connectivity index (χ0) is 43.1. The highest BCUT2D eigenvalue weighted by atomic mass is 28.3. The minimum absolute atomic E-state index is 0.0279. The number of fused-ring (bicyclic) bond motifs is 7. The monoisotopic (exact) mass is 839 g/mol. The highest BCUT2D eigenvalue weighted by Crippen LogP contribution is 2.49. The normalized spacial score (nSPS) is 20.1. The first-order valence-corrected chi connectivity index (χ1v) is 23.6. The van der Waals surface area contributed by atoms with Crippen LogP contribution in [-0.2, 0) is 26.3 Å². The first-order valence-electron chi connectivity index (χ1n) is 21.4. The molecule has 13 heteroatoms. The fourth-order valence-corrected chi connectivity index (χ4v) is 15.9. The highest BCUT2D eigenvalue weighted by molar-refractivity contribution is 6.90. The maximum atomic E-state index is 18.2. The molecular weight excluding hydrogens is 781 g/mol. The minimum atomic E-state index is -2.29. The van der Waals surface area contributed by atoms with Gasteiger partial charge in [-0.25, -0.2) is 18.6 Å². The Morgan fingerprint density at radius 2 is 1.68 bits per heavy atom. The molecule has 0 N–H and O–H groups in total. The van der Waals surface area contributed by atoms with Crippen molar-refractivity contribution in [2.45, 2.75) is 122 Å². The molecule has 4 aliphatic rings. The van der Waals surface area contributed by atoms with Gasteiger partial charge < -0.3 is 23.8 Å². The third-order valence-electron chi connectivity index (χ3n) is 13.6. The minimum Gasteiger partial charge on any atom is -0.468 e. The lowest BCUT2D eigenvalue weighted by atomic mass is 9.90. The number of piperazine rings is 1. The number of rotatable bonds is 8. The van der Waals surface area contributed by atoms with Crippen LogP contribution < -0.4 is 9.64 Å². The van der Waals surface area contributed by atoms with E-state index in [9.17, 15) is 4.79 Å². The lowest BCUT2D eigenvalue weighted by Crippen LogP contribution is -2.57. The largest absolute Gasteiger partial charge is 0.468 e. The van der Waals surface area contributed by atoms with E-state index in [1.165, 1.54) is 13.2 Å². The van der Waals surface area contributed by atoms with E-state index in [0.29, 0.717) is 88.1 Å². The van der Waals surface area contributed by atoms with Gasteiger partial charge in [0.25, 0.3) is 0 Å². The average Bonchev–Trinajstić information content (AvgIpc) is 3.61. The van der Waals surface area contributed by atoms with Gasteiger partial charge in [-0.15, -0.1) is 5.54 Å². The van der Waals surface area contributed by atoms with Crippen molar-refractivity contribution >= 4 is 41.5 Å². The average molecular weight is 840 g/mol. The summed E-state index contributed by atoms with van der Waals surface area (Å²) < 4.78 is 57.4. The molecule has 2 atom stereocenters. The third kappa shape index (κ3) is 6.82. The van der Waals surface area contributed by atoms with Crippen molar-refractivity contribution in [3.63, 3.8) is 0 Å². The number of aromatic nitrogens is 2. The maximum absolute atomic E-state index is 18.2. The molecule has 320 valence electrons. The standard InChI is InChI=1S/C47H59F2N5O5Si/c1-27(2)60(28(3)4,29(5)6)17-16-34-38(48)15-12-30-18-33(58-26-56-11)19-35(39(30)34)42-41(49)40-36(20-50-42)44(51-43-37(40)23-52(10)47(43)24-57-25-47)53-21-31-13-14-32(22-53)54(31)45(55)59-46(7,8)9/h12,15,18-20,27-29,31-32H,13-14,21-26H2,1-11H3. The van der Waals surface area contributed by atoms with Gasteiger partial charge in [-0.1, -0.05) is 53.5 Å². The van der Waals surface area contributed by atoms with E-state index in [1.54, 1.807) is 18.3 Å². The van der Waals surface area contributed by atoms with Crippen LogP contribution in [0, 0.1) is 23.1 Å². The van der Waals surface area contributed by atoms with Gasteiger partial charge in [-0.05, 0) is 80.9 Å². The summed E-state index contributed by atoms with van der Waals surface area (Å²) in [5.74, 6) is 3.47. The van der Waals surface area contributed by atoms with Gasteiger partial charge in [0.15, 0.2) is 12.6 Å². The summed E-state index contributed by atoms with van der Waals surface area (Å²) in [6, 6.07) is 6.51. The number of ether oxygens (including phenoxy) is 4. The Morgan fingerprint density at radius 1 is 1.02 bits per heavy atom. The Balaban J connectivity index is 1.34. The number of amides is 1. The van der Waals surface area contributed by atoms with Gasteiger partial charge >= 0.3 is 6.09 Å². The summed E-state index contributed by atoms with van der Waals surface area (Å²) in [5, 5.41) is 2.16. The van der Waals surface area contributed by atoms with Crippen molar-refractivity contribution < 1.29 is 32.5 Å². The van der Waals surface area contributed by atoms with E-state index in [4.69, 9.17) is 28.9 Å². The molecule has 1 spiro atoms. The molecule has 60 heavy (non-hydrogen) atoms. The van der Waals surface area contributed by atoms with Crippen LogP contribution in [0.5, 0.6) is 5.75 Å². The Morgan fingerprint density at radius 3 is 2.27 bits per heavy atom. The molecule has 2 aromatic heterocycles. The smallest absolute Gasteiger partial charge is 0.410 e. The number of hydrogen-bond donors (Lipinski definition) is 0. The van der Waals surface area contributed by atoms with Crippen LogP contribution >= 0.6 is 0 Å². The molecule has 4 aromatic rings. The number of methoxy groups -OCH3 is 1. The second-order valence-electron chi connectivity index (χ2n) is 19.2. The third-order valence-corrected chi connectivity index (χ3v) is 19.9.